The van der Waals surface area contributed by atoms with Crippen molar-refractivity contribution in [1.82, 2.24) is 5.32 Å². The Morgan fingerprint density at radius 1 is 1.50 bits per heavy atom. The lowest BCUT2D eigenvalue weighted by atomic mass is 10.2. The molecule has 1 rings (SSSR count). The van der Waals surface area contributed by atoms with Gasteiger partial charge >= 0.3 is 6.09 Å². The van der Waals surface area contributed by atoms with Crippen LogP contribution in [0.2, 0.25) is 0 Å². The third-order valence-corrected chi connectivity index (χ3v) is 1.82. The van der Waals surface area contributed by atoms with Gasteiger partial charge in [0.2, 0.25) is 0 Å². The van der Waals surface area contributed by atoms with Crippen molar-refractivity contribution in [2.24, 2.45) is 5.73 Å². The third kappa shape index (κ3) is 3.79. The molecule has 3 N–H and O–H groups in total. The highest BCUT2D eigenvalue weighted by molar-refractivity contribution is 5.68. The van der Waals surface area contributed by atoms with Crippen LogP contribution in [0.1, 0.15) is 27.2 Å². The topological polar surface area (TPSA) is 64.3 Å². The summed E-state index contributed by atoms with van der Waals surface area (Å²) < 4.78 is 5.11. The summed E-state index contributed by atoms with van der Waals surface area (Å²) in [6.07, 6.45) is 4.15. The first kappa shape index (κ1) is 11.0. The lowest BCUT2D eigenvalue weighted by molar-refractivity contribution is 0.0514. The summed E-state index contributed by atoms with van der Waals surface area (Å²) in [5.41, 5.74) is 5.20. The Morgan fingerprint density at radius 2 is 2.14 bits per heavy atom. The molecule has 0 spiro atoms. The van der Waals surface area contributed by atoms with Gasteiger partial charge in [0.25, 0.3) is 0 Å². The van der Waals surface area contributed by atoms with E-state index in [0.29, 0.717) is 0 Å². The van der Waals surface area contributed by atoms with Crippen molar-refractivity contribution in [3.8, 4) is 0 Å². The van der Waals surface area contributed by atoms with Crippen molar-refractivity contribution >= 4 is 6.09 Å². The van der Waals surface area contributed by atoms with Crippen molar-refractivity contribution in [2.45, 2.75) is 44.9 Å². The summed E-state index contributed by atoms with van der Waals surface area (Å²) in [5.74, 6) is 0. The Morgan fingerprint density at radius 3 is 2.57 bits per heavy atom. The molecule has 1 aliphatic rings. The highest BCUT2D eigenvalue weighted by Gasteiger charge is 2.21. The normalized spacial score (nSPS) is 26.3. The van der Waals surface area contributed by atoms with Crippen LogP contribution in [0.25, 0.3) is 0 Å². The van der Waals surface area contributed by atoms with E-state index in [-0.39, 0.29) is 18.2 Å². The fourth-order valence-electron chi connectivity index (χ4n) is 1.29. The van der Waals surface area contributed by atoms with Gasteiger partial charge in [-0.1, -0.05) is 12.2 Å². The van der Waals surface area contributed by atoms with E-state index in [1.54, 1.807) is 0 Å². The van der Waals surface area contributed by atoms with Gasteiger partial charge < -0.3 is 15.8 Å². The van der Waals surface area contributed by atoms with Gasteiger partial charge in [-0.2, -0.15) is 0 Å². The molecular formula is C10H18N2O2. The molecule has 1 amide bonds. The maximum absolute atomic E-state index is 11.3. The highest BCUT2D eigenvalue weighted by atomic mass is 16.6. The molecule has 0 saturated heterocycles. The molecule has 0 aliphatic heterocycles. The van der Waals surface area contributed by atoms with Crippen LogP contribution in [-0.4, -0.2) is 23.8 Å². The van der Waals surface area contributed by atoms with Gasteiger partial charge in [0.05, 0.1) is 6.04 Å². The molecular weight excluding hydrogens is 180 g/mol. The second kappa shape index (κ2) is 4.00. The molecule has 4 heteroatoms. The number of nitrogens with one attached hydrogen (secondary N) is 1. The average molecular weight is 198 g/mol. The first-order chi connectivity index (χ1) is 6.37. The fraction of sp³-hybridized carbons (Fsp3) is 0.700. The minimum absolute atomic E-state index is 0.0137. The van der Waals surface area contributed by atoms with E-state index in [1.165, 1.54) is 0 Å². The Kier molecular flexibility index (Phi) is 3.16. The molecule has 14 heavy (non-hydrogen) atoms. The molecule has 2 atom stereocenters. The second-order valence-electron chi connectivity index (χ2n) is 4.54. The highest BCUT2D eigenvalue weighted by Crippen LogP contribution is 2.11. The SMILES string of the molecule is CC(C)(C)OC(=O)N[C@H]1C=C[C@H](N)C1. The van der Waals surface area contributed by atoms with E-state index in [1.807, 2.05) is 32.9 Å². The van der Waals surface area contributed by atoms with Gasteiger partial charge in [-0.05, 0) is 27.2 Å². The fourth-order valence-corrected chi connectivity index (χ4v) is 1.29. The average Bonchev–Trinajstić information content (AvgIpc) is 2.30. The Bertz CT molecular complexity index is 243. The van der Waals surface area contributed by atoms with Gasteiger partial charge in [0.1, 0.15) is 5.60 Å². The quantitative estimate of drug-likeness (QED) is 0.621. The molecule has 0 aromatic heterocycles. The summed E-state index contributed by atoms with van der Waals surface area (Å²) in [5, 5.41) is 2.74. The molecule has 0 heterocycles. The summed E-state index contributed by atoms with van der Waals surface area (Å²) in [6, 6.07) is 0.0646. The Balaban J connectivity index is 2.32. The van der Waals surface area contributed by atoms with Crippen molar-refractivity contribution < 1.29 is 9.53 Å². The van der Waals surface area contributed by atoms with E-state index >= 15 is 0 Å². The number of hydrogen-bond acceptors (Lipinski definition) is 3. The molecule has 80 valence electrons. The van der Waals surface area contributed by atoms with Crippen LogP contribution in [0.4, 0.5) is 4.79 Å². The zero-order valence-electron chi connectivity index (χ0n) is 8.91. The van der Waals surface area contributed by atoms with Crippen LogP contribution in [0, 0.1) is 0 Å². The van der Waals surface area contributed by atoms with Crippen LogP contribution < -0.4 is 11.1 Å². The third-order valence-electron chi connectivity index (χ3n) is 1.82. The lowest BCUT2D eigenvalue weighted by Crippen LogP contribution is -2.38. The minimum atomic E-state index is -0.450. The summed E-state index contributed by atoms with van der Waals surface area (Å²) >= 11 is 0. The maximum atomic E-state index is 11.3. The molecule has 0 unspecified atom stereocenters. The summed E-state index contributed by atoms with van der Waals surface area (Å²) in [4.78, 5) is 11.3. The first-order valence-corrected chi connectivity index (χ1v) is 4.80. The Hall–Kier alpha value is -1.03. The molecule has 0 aromatic rings. The van der Waals surface area contributed by atoms with Crippen molar-refractivity contribution in [3.05, 3.63) is 12.2 Å². The van der Waals surface area contributed by atoms with Gasteiger partial charge in [0, 0.05) is 6.04 Å². The van der Waals surface area contributed by atoms with Crippen LogP contribution >= 0.6 is 0 Å². The summed E-state index contributed by atoms with van der Waals surface area (Å²) in [7, 11) is 0. The predicted molar refractivity (Wildman–Crippen MR) is 54.9 cm³/mol. The molecule has 0 aromatic carbocycles. The molecule has 0 saturated carbocycles. The molecule has 1 aliphatic carbocycles. The second-order valence-corrected chi connectivity index (χ2v) is 4.54. The summed E-state index contributed by atoms with van der Waals surface area (Å²) in [6.45, 7) is 5.51. The van der Waals surface area contributed by atoms with Crippen LogP contribution in [0.5, 0.6) is 0 Å². The maximum Gasteiger partial charge on any atom is 0.408 e. The zero-order valence-corrected chi connectivity index (χ0v) is 8.91. The van der Waals surface area contributed by atoms with Gasteiger partial charge in [-0.25, -0.2) is 4.79 Å². The van der Waals surface area contributed by atoms with Crippen molar-refractivity contribution in [2.75, 3.05) is 0 Å². The number of nitrogens with two attached hydrogens (primary N) is 1. The number of rotatable bonds is 1. The van der Waals surface area contributed by atoms with E-state index in [0.717, 1.165) is 6.42 Å². The van der Waals surface area contributed by atoms with E-state index in [2.05, 4.69) is 5.32 Å². The van der Waals surface area contributed by atoms with Crippen LogP contribution in [0.3, 0.4) is 0 Å². The van der Waals surface area contributed by atoms with Gasteiger partial charge in [-0.3, -0.25) is 0 Å². The first-order valence-electron chi connectivity index (χ1n) is 4.80. The zero-order chi connectivity index (χ0) is 10.8. The molecule has 4 nitrogen and oxygen atoms in total. The van der Waals surface area contributed by atoms with Crippen molar-refractivity contribution in [3.63, 3.8) is 0 Å². The number of carbonyl (C=O) groups excluding carboxylic acids is 1. The van der Waals surface area contributed by atoms with Crippen LogP contribution in [0.15, 0.2) is 12.2 Å². The van der Waals surface area contributed by atoms with E-state index in [4.69, 9.17) is 10.5 Å². The number of amides is 1. The standard InChI is InChI=1S/C10H18N2O2/c1-10(2,3)14-9(13)12-8-5-4-7(11)6-8/h4-5,7-8H,6,11H2,1-3H3,(H,12,13)/t7-,8-/m0/s1. The van der Waals surface area contributed by atoms with E-state index < -0.39 is 5.60 Å². The lowest BCUT2D eigenvalue weighted by Gasteiger charge is -2.21. The monoisotopic (exact) mass is 198 g/mol. The minimum Gasteiger partial charge on any atom is -0.444 e. The number of carbonyl (C=O) groups is 1. The largest absolute Gasteiger partial charge is 0.444 e. The molecule has 0 fully saturated rings. The smallest absolute Gasteiger partial charge is 0.408 e. The van der Waals surface area contributed by atoms with Gasteiger partial charge in [-0.15, -0.1) is 0 Å². The number of ether oxygens (including phenoxy) is 1. The van der Waals surface area contributed by atoms with E-state index in [9.17, 15) is 4.79 Å². The molecule has 0 radical (unpaired) electrons. The predicted octanol–water partition coefficient (Wildman–Crippen LogP) is 1.17. The van der Waals surface area contributed by atoms with Crippen molar-refractivity contribution in [1.29, 1.82) is 0 Å². The number of alkyl carbamates (subject to hydrolysis) is 1. The number of hydrogen-bond donors (Lipinski definition) is 2. The van der Waals surface area contributed by atoms with Crippen LogP contribution in [-0.2, 0) is 4.74 Å². The Labute approximate surface area is 84.5 Å². The molecule has 0 bridgehead atoms. The van der Waals surface area contributed by atoms with Gasteiger partial charge in [0.15, 0.2) is 0 Å².